The summed E-state index contributed by atoms with van der Waals surface area (Å²) >= 11 is 0. The van der Waals surface area contributed by atoms with Gasteiger partial charge in [0.2, 0.25) is 0 Å². The lowest BCUT2D eigenvalue weighted by Gasteiger charge is -2.28. The first-order valence-corrected chi connectivity index (χ1v) is 5.54. The molecular formula is C13H21NO3. The maximum Gasteiger partial charge on any atom is 0.417 e. The van der Waals surface area contributed by atoms with E-state index in [9.17, 15) is 9.59 Å². The molecule has 0 rings (SSSR count). The van der Waals surface area contributed by atoms with Crippen LogP contribution in [0.5, 0.6) is 0 Å². The second kappa shape index (κ2) is 6.23. The summed E-state index contributed by atoms with van der Waals surface area (Å²) in [6.45, 7) is 12.3. The van der Waals surface area contributed by atoms with Crippen LogP contribution in [0.15, 0.2) is 24.8 Å². The lowest BCUT2D eigenvalue weighted by Crippen LogP contribution is -2.44. The zero-order valence-electron chi connectivity index (χ0n) is 11.2. The molecule has 0 spiro atoms. The minimum atomic E-state index is -0.659. The first kappa shape index (κ1) is 15.4. The van der Waals surface area contributed by atoms with Crippen LogP contribution < -0.4 is 0 Å². The summed E-state index contributed by atoms with van der Waals surface area (Å²) in [5.41, 5.74) is -0.633. The molecule has 0 saturated carbocycles. The highest BCUT2D eigenvalue weighted by atomic mass is 16.6. The topological polar surface area (TPSA) is 46.6 Å². The van der Waals surface area contributed by atoms with E-state index in [-0.39, 0.29) is 0 Å². The largest absolute Gasteiger partial charge is 0.443 e. The van der Waals surface area contributed by atoms with Crippen LogP contribution in [0.3, 0.4) is 0 Å². The summed E-state index contributed by atoms with van der Waals surface area (Å²) < 4.78 is 5.17. The SMILES string of the molecule is C=C[C@@H](C)N(C(=O)/C=C/C)C(=O)OC(C)(C)C. The van der Waals surface area contributed by atoms with Crippen molar-refractivity contribution >= 4 is 12.0 Å². The summed E-state index contributed by atoms with van der Waals surface area (Å²) in [6.07, 6.45) is 3.76. The van der Waals surface area contributed by atoms with Gasteiger partial charge < -0.3 is 4.74 Å². The van der Waals surface area contributed by atoms with Crippen molar-refractivity contribution in [2.24, 2.45) is 0 Å². The van der Waals surface area contributed by atoms with E-state index in [0.29, 0.717) is 0 Å². The Morgan fingerprint density at radius 2 is 1.88 bits per heavy atom. The number of nitrogens with zero attached hydrogens (tertiary/aromatic N) is 1. The van der Waals surface area contributed by atoms with Crippen molar-refractivity contribution in [2.75, 3.05) is 0 Å². The van der Waals surface area contributed by atoms with E-state index in [1.807, 2.05) is 0 Å². The number of rotatable bonds is 3. The van der Waals surface area contributed by atoms with Crippen molar-refractivity contribution in [3.8, 4) is 0 Å². The number of allylic oxidation sites excluding steroid dienone is 1. The molecule has 0 aliphatic carbocycles. The molecule has 0 aliphatic heterocycles. The van der Waals surface area contributed by atoms with Crippen molar-refractivity contribution < 1.29 is 14.3 Å². The summed E-state index contributed by atoms with van der Waals surface area (Å²) in [7, 11) is 0. The van der Waals surface area contributed by atoms with Gasteiger partial charge in [0.25, 0.3) is 5.91 Å². The number of imide groups is 1. The number of carbonyl (C=O) groups is 2. The van der Waals surface area contributed by atoms with Crippen LogP contribution in [0, 0.1) is 0 Å². The van der Waals surface area contributed by atoms with Crippen LogP contribution in [0.1, 0.15) is 34.6 Å². The molecular weight excluding hydrogens is 218 g/mol. The Morgan fingerprint density at radius 1 is 1.35 bits per heavy atom. The Morgan fingerprint density at radius 3 is 2.24 bits per heavy atom. The van der Waals surface area contributed by atoms with Crippen molar-refractivity contribution in [3.63, 3.8) is 0 Å². The maximum absolute atomic E-state index is 11.9. The minimum Gasteiger partial charge on any atom is -0.443 e. The highest BCUT2D eigenvalue weighted by Crippen LogP contribution is 2.13. The van der Waals surface area contributed by atoms with Crippen LogP contribution >= 0.6 is 0 Å². The molecule has 17 heavy (non-hydrogen) atoms. The number of hydrogen-bond donors (Lipinski definition) is 0. The van der Waals surface area contributed by atoms with E-state index in [0.717, 1.165) is 4.90 Å². The lowest BCUT2D eigenvalue weighted by molar-refractivity contribution is -0.126. The third kappa shape index (κ3) is 5.33. The fourth-order valence-electron chi connectivity index (χ4n) is 1.10. The van der Waals surface area contributed by atoms with Crippen LogP contribution in [0.4, 0.5) is 4.79 Å². The zero-order chi connectivity index (χ0) is 13.6. The molecule has 0 unspecified atom stereocenters. The quantitative estimate of drug-likeness (QED) is 0.562. The molecule has 0 N–H and O–H groups in total. The molecule has 1 atom stereocenters. The van der Waals surface area contributed by atoms with Crippen molar-refractivity contribution in [1.29, 1.82) is 0 Å². The summed E-state index contributed by atoms with van der Waals surface area (Å²) in [5, 5.41) is 0. The van der Waals surface area contributed by atoms with Crippen LogP contribution in [-0.4, -0.2) is 28.5 Å². The zero-order valence-corrected chi connectivity index (χ0v) is 11.2. The van der Waals surface area contributed by atoms with Gasteiger partial charge in [0.15, 0.2) is 0 Å². The van der Waals surface area contributed by atoms with E-state index >= 15 is 0 Å². The predicted octanol–water partition coefficient (Wildman–Crippen LogP) is 2.90. The molecule has 2 amide bonds. The number of carbonyl (C=O) groups excluding carboxylic acids is 2. The maximum atomic E-state index is 11.9. The van der Waals surface area contributed by atoms with E-state index in [1.165, 1.54) is 12.2 Å². The molecule has 4 nitrogen and oxygen atoms in total. The highest BCUT2D eigenvalue weighted by molar-refractivity contribution is 5.99. The fraction of sp³-hybridized carbons (Fsp3) is 0.538. The monoisotopic (exact) mass is 239 g/mol. The van der Waals surface area contributed by atoms with Crippen LogP contribution in [-0.2, 0) is 9.53 Å². The molecule has 0 aliphatic rings. The van der Waals surface area contributed by atoms with Crippen LogP contribution in [0.25, 0.3) is 0 Å². The van der Waals surface area contributed by atoms with Gasteiger partial charge in [-0.2, -0.15) is 0 Å². The Balaban J connectivity index is 4.99. The standard InChI is InChI=1S/C13H21NO3/c1-7-9-11(15)14(10(3)8-2)12(16)17-13(4,5)6/h7-10H,2H2,1,3-6H3/b9-7+/t10-/m1/s1. The first-order valence-electron chi connectivity index (χ1n) is 5.54. The Kier molecular flexibility index (Phi) is 5.65. The molecule has 96 valence electrons. The van der Waals surface area contributed by atoms with Gasteiger partial charge in [-0.15, -0.1) is 6.58 Å². The number of hydrogen-bond acceptors (Lipinski definition) is 3. The third-order valence-corrected chi connectivity index (χ3v) is 1.89. The molecule has 0 bridgehead atoms. The molecule has 0 saturated heterocycles. The van der Waals surface area contributed by atoms with Gasteiger partial charge in [-0.05, 0) is 40.7 Å². The first-order chi connectivity index (χ1) is 7.72. The molecule has 0 aromatic carbocycles. The fourth-order valence-corrected chi connectivity index (χ4v) is 1.10. The summed E-state index contributed by atoms with van der Waals surface area (Å²) in [6, 6.07) is -0.409. The van der Waals surface area contributed by atoms with Gasteiger partial charge in [-0.1, -0.05) is 12.2 Å². The second-order valence-electron chi connectivity index (χ2n) is 4.66. The summed E-state index contributed by atoms with van der Waals surface area (Å²) in [5.74, 6) is -0.408. The summed E-state index contributed by atoms with van der Waals surface area (Å²) in [4.78, 5) is 24.7. The van der Waals surface area contributed by atoms with Gasteiger partial charge in [0.1, 0.15) is 5.60 Å². The van der Waals surface area contributed by atoms with Crippen molar-refractivity contribution in [2.45, 2.75) is 46.3 Å². The Bertz CT molecular complexity index is 326. The third-order valence-electron chi connectivity index (χ3n) is 1.89. The molecule has 0 fully saturated rings. The van der Waals surface area contributed by atoms with E-state index in [1.54, 1.807) is 40.7 Å². The molecule has 0 aromatic rings. The van der Waals surface area contributed by atoms with E-state index in [4.69, 9.17) is 4.74 Å². The molecule has 0 heterocycles. The Labute approximate surface area is 103 Å². The predicted molar refractivity (Wildman–Crippen MR) is 67.6 cm³/mol. The van der Waals surface area contributed by atoms with Gasteiger partial charge in [-0.3, -0.25) is 4.79 Å². The highest BCUT2D eigenvalue weighted by Gasteiger charge is 2.28. The van der Waals surface area contributed by atoms with E-state index in [2.05, 4.69) is 6.58 Å². The number of ether oxygens (including phenoxy) is 1. The lowest BCUT2D eigenvalue weighted by atomic mass is 10.2. The number of amides is 2. The van der Waals surface area contributed by atoms with Gasteiger partial charge in [-0.25, -0.2) is 9.69 Å². The van der Waals surface area contributed by atoms with Gasteiger partial charge in [0, 0.05) is 0 Å². The second-order valence-corrected chi connectivity index (χ2v) is 4.66. The average molecular weight is 239 g/mol. The molecule has 4 heteroatoms. The van der Waals surface area contributed by atoms with E-state index < -0.39 is 23.6 Å². The molecule has 0 radical (unpaired) electrons. The van der Waals surface area contributed by atoms with Gasteiger partial charge in [0.05, 0.1) is 6.04 Å². The van der Waals surface area contributed by atoms with Gasteiger partial charge >= 0.3 is 6.09 Å². The van der Waals surface area contributed by atoms with Crippen LogP contribution in [0.2, 0.25) is 0 Å². The average Bonchev–Trinajstić information content (AvgIpc) is 2.15. The van der Waals surface area contributed by atoms with Crippen molar-refractivity contribution in [1.82, 2.24) is 4.90 Å². The van der Waals surface area contributed by atoms with Crippen molar-refractivity contribution in [3.05, 3.63) is 24.8 Å². The smallest absolute Gasteiger partial charge is 0.417 e. The Hall–Kier alpha value is -1.58. The minimum absolute atomic E-state index is 0.408. The normalized spacial score (nSPS) is 13.2. The molecule has 0 aromatic heterocycles.